The molecule has 2 aromatic rings. The summed E-state index contributed by atoms with van der Waals surface area (Å²) in [5.74, 6) is 0.940. The van der Waals surface area contributed by atoms with E-state index in [9.17, 15) is 25.0 Å². The molecule has 2 fully saturated rings. The number of nitro benzene ring substituents is 2. The van der Waals surface area contributed by atoms with Gasteiger partial charge in [-0.1, -0.05) is 30.7 Å². The normalized spacial score (nSPS) is 20.5. The number of alkyl carbamates (subject to hydrolysis) is 1. The van der Waals surface area contributed by atoms with Crippen molar-refractivity contribution in [1.29, 1.82) is 0 Å². The summed E-state index contributed by atoms with van der Waals surface area (Å²) in [5.41, 5.74) is 5.73. The highest BCUT2D eigenvalue weighted by molar-refractivity contribution is 6.32. The quantitative estimate of drug-likeness (QED) is 0.163. The van der Waals surface area contributed by atoms with E-state index in [0.717, 1.165) is 37.7 Å². The Labute approximate surface area is 274 Å². The summed E-state index contributed by atoms with van der Waals surface area (Å²) < 4.78 is 5.26. The van der Waals surface area contributed by atoms with Gasteiger partial charge in [0.05, 0.1) is 23.0 Å². The second-order valence-electron chi connectivity index (χ2n) is 12.4. The fourth-order valence-corrected chi connectivity index (χ4v) is 5.12. The average molecular weight is 656 g/mol. The fraction of sp³-hybridized carbons (Fsp3) is 0.531. The Morgan fingerprint density at radius 2 is 1.39 bits per heavy atom. The van der Waals surface area contributed by atoms with Gasteiger partial charge in [-0.2, -0.15) is 0 Å². The number of carbonyl (C=O) groups is 1. The van der Waals surface area contributed by atoms with E-state index >= 15 is 0 Å². The number of hydrogen-bond donors (Lipinski definition) is 3. The fourth-order valence-electron chi connectivity index (χ4n) is 4.94. The van der Waals surface area contributed by atoms with Crippen LogP contribution in [0.25, 0.3) is 9.69 Å². The van der Waals surface area contributed by atoms with Gasteiger partial charge in [0.15, 0.2) is 11.4 Å². The van der Waals surface area contributed by atoms with Crippen LogP contribution in [0.2, 0.25) is 5.02 Å². The first kappa shape index (κ1) is 37.7. The molecule has 0 spiro atoms. The van der Waals surface area contributed by atoms with E-state index in [2.05, 4.69) is 27.2 Å². The summed E-state index contributed by atoms with van der Waals surface area (Å²) in [7, 11) is 0. The maximum Gasteiger partial charge on any atom is 0.407 e. The van der Waals surface area contributed by atoms with Gasteiger partial charge in [-0.3, -0.25) is 20.2 Å². The summed E-state index contributed by atoms with van der Waals surface area (Å²) in [6, 6.07) is 9.00. The lowest BCUT2D eigenvalue weighted by Crippen LogP contribution is -2.42. The molecule has 0 aromatic heterocycles. The van der Waals surface area contributed by atoms with Crippen molar-refractivity contribution in [2.75, 3.05) is 5.32 Å². The second kappa shape index (κ2) is 17.9. The van der Waals surface area contributed by atoms with Crippen LogP contribution in [0, 0.1) is 39.3 Å². The van der Waals surface area contributed by atoms with Gasteiger partial charge in [0, 0.05) is 30.3 Å². The number of anilines is 1. The number of hydrogen-bond acceptors (Lipinski definition) is 8. The van der Waals surface area contributed by atoms with Crippen LogP contribution in [-0.2, 0) is 4.74 Å². The Hall–Kier alpha value is -4.46. The van der Waals surface area contributed by atoms with Crippen molar-refractivity contribution in [3.63, 3.8) is 0 Å². The molecule has 2 aliphatic rings. The Morgan fingerprint density at radius 1 is 0.891 bits per heavy atom. The minimum Gasteiger partial charge on any atom is -0.444 e. The van der Waals surface area contributed by atoms with Crippen LogP contribution in [0.1, 0.15) is 79.1 Å². The van der Waals surface area contributed by atoms with E-state index in [1.807, 2.05) is 20.8 Å². The zero-order valence-corrected chi connectivity index (χ0v) is 27.4. The van der Waals surface area contributed by atoms with Crippen LogP contribution in [-0.4, -0.2) is 39.7 Å². The molecule has 1 amide bonds. The molecular weight excluding hydrogens is 614 g/mol. The van der Waals surface area contributed by atoms with Gasteiger partial charge in [-0.05, 0) is 90.2 Å². The highest BCUT2D eigenvalue weighted by Gasteiger charge is 2.26. The molecule has 2 saturated carbocycles. The van der Waals surface area contributed by atoms with E-state index in [4.69, 9.17) is 35.2 Å². The number of nitrogens with zero attached hydrogens (tertiary/aromatic N) is 4. The third-order valence-electron chi connectivity index (χ3n) is 7.43. The van der Waals surface area contributed by atoms with Crippen LogP contribution in [0.3, 0.4) is 0 Å². The van der Waals surface area contributed by atoms with E-state index in [-0.39, 0.29) is 39.9 Å². The number of nitro groups is 2. The molecule has 0 atom stereocenters. The number of benzene rings is 2. The van der Waals surface area contributed by atoms with Crippen LogP contribution >= 0.6 is 11.6 Å². The molecule has 0 radical (unpaired) electrons. The molecule has 14 heteroatoms. The molecule has 2 aliphatic carbocycles. The Balaban J connectivity index is 0.000000300. The molecule has 0 heterocycles. The van der Waals surface area contributed by atoms with Gasteiger partial charge < -0.3 is 21.1 Å². The van der Waals surface area contributed by atoms with E-state index in [0.29, 0.717) is 11.7 Å². The third-order valence-corrected chi connectivity index (χ3v) is 7.75. The minimum absolute atomic E-state index is 0.0439. The SMILES string of the molecule is CC1CCC(N)CC1.[C-]#[N+]c1ccc(Cl)c([N+](=O)[O-])c1.[C-]#[N+]c1ccc(NC2CCC(NC(=O)OC(C)(C)C)CC2)c([N+](=O)[O-])c1. The summed E-state index contributed by atoms with van der Waals surface area (Å²) in [4.78, 5) is 38.5. The molecule has 46 heavy (non-hydrogen) atoms. The number of rotatable bonds is 5. The summed E-state index contributed by atoms with van der Waals surface area (Å²) >= 11 is 5.50. The first-order valence-electron chi connectivity index (χ1n) is 15.1. The van der Waals surface area contributed by atoms with Gasteiger partial charge in [-0.15, -0.1) is 0 Å². The highest BCUT2D eigenvalue weighted by atomic mass is 35.5. The lowest BCUT2D eigenvalue weighted by Gasteiger charge is -2.31. The molecule has 0 aliphatic heterocycles. The monoisotopic (exact) mass is 655 g/mol. The summed E-state index contributed by atoms with van der Waals surface area (Å²) in [6.07, 6.45) is 7.88. The number of carbonyl (C=O) groups excluding carboxylic acids is 1. The predicted molar refractivity (Wildman–Crippen MR) is 178 cm³/mol. The number of nitrogens with one attached hydrogen (secondary N) is 2. The van der Waals surface area contributed by atoms with Crippen molar-refractivity contribution >= 4 is 46.1 Å². The van der Waals surface area contributed by atoms with Crippen molar-refractivity contribution in [1.82, 2.24) is 5.32 Å². The van der Waals surface area contributed by atoms with E-state index < -0.39 is 21.5 Å². The molecule has 0 unspecified atom stereocenters. The zero-order chi connectivity index (χ0) is 34.4. The molecule has 248 valence electrons. The van der Waals surface area contributed by atoms with E-state index in [1.54, 1.807) is 12.1 Å². The van der Waals surface area contributed by atoms with Crippen molar-refractivity contribution in [3.05, 3.63) is 84.5 Å². The number of halogens is 1. The Kier molecular flexibility index (Phi) is 14.7. The zero-order valence-electron chi connectivity index (χ0n) is 26.6. The average Bonchev–Trinajstić information content (AvgIpc) is 2.99. The number of amides is 1. The molecule has 4 N–H and O–H groups in total. The largest absolute Gasteiger partial charge is 0.444 e. The van der Waals surface area contributed by atoms with E-state index in [1.165, 1.54) is 43.9 Å². The van der Waals surface area contributed by atoms with Crippen LogP contribution in [0.15, 0.2) is 36.4 Å². The lowest BCUT2D eigenvalue weighted by atomic mass is 9.88. The molecule has 0 saturated heterocycles. The molecule has 13 nitrogen and oxygen atoms in total. The summed E-state index contributed by atoms with van der Waals surface area (Å²) in [5, 5.41) is 27.7. The summed E-state index contributed by atoms with van der Waals surface area (Å²) in [6.45, 7) is 21.4. The Morgan fingerprint density at radius 3 is 1.87 bits per heavy atom. The van der Waals surface area contributed by atoms with Gasteiger partial charge in [-0.25, -0.2) is 14.5 Å². The van der Waals surface area contributed by atoms with Gasteiger partial charge in [0.1, 0.15) is 16.3 Å². The third kappa shape index (κ3) is 13.3. The van der Waals surface area contributed by atoms with Gasteiger partial charge in [0.2, 0.25) is 0 Å². The first-order valence-corrected chi connectivity index (χ1v) is 15.5. The first-order chi connectivity index (χ1) is 21.6. The highest BCUT2D eigenvalue weighted by Crippen LogP contribution is 2.32. The molecule has 2 aromatic carbocycles. The standard InChI is InChI=1S/C18H24N4O4.C7H3ClN2O2.C7H15N/c1-18(2,3)26-17(23)21-13-7-5-12(6-8-13)20-15-10-9-14(19-4)11-16(15)22(24)25;1-9-5-2-3-6(8)7(4-5)10(11)12;1-6-2-4-7(8)5-3-6/h9-13,20H,5-8H2,1-3H3,(H,21,23);2-4H;6-7H,2-5,8H2,1H3. The maximum atomic E-state index is 11.8. The van der Waals surface area contributed by atoms with Gasteiger partial charge >= 0.3 is 6.09 Å². The molecular formula is C32H42ClN7O6. The minimum atomic E-state index is -0.614. The van der Waals surface area contributed by atoms with Crippen molar-refractivity contribution in [2.24, 2.45) is 11.7 Å². The topological polar surface area (TPSA) is 171 Å². The maximum absolute atomic E-state index is 11.8. The molecule has 4 rings (SSSR count). The lowest BCUT2D eigenvalue weighted by molar-refractivity contribution is -0.384. The van der Waals surface area contributed by atoms with Gasteiger partial charge in [0.25, 0.3) is 11.4 Å². The number of ether oxygens (including phenoxy) is 1. The van der Waals surface area contributed by atoms with Crippen LogP contribution in [0.4, 0.5) is 33.2 Å². The predicted octanol–water partition coefficient (Wildman–Crippen LogP) is 8.72. The van der Waals surface area contributed by atoms with Crippen molar-refractivity contribution in [2.45, 2.75) is 103 Å². The molecule has 0 bridgehead atoms. The van der Waals surface area contributed by atoms with Crippen LogP contribution < -0.4 is 16.4 Å². The van der Waals surface area contributed by atoms with Crippen LogP contribution in [0.5, 0.6) is 0 Å². The van der Waals surface area contributed by atoms with Crippen molar-refractivity contribution < 1.29 is 19.4 Å². The Bertz CT molecular complexity index is 1420. The second-order valence-corrected chi connectivity index (χ2v) is 12.8. The smallest absolute Gasteiger partial charge is 0.407 e. The number of nitrogens with two attached hydrogens (primary N) is 1. The van der Waals surface area contributed by atoms with Crippen molar-refractivity contribution in [3.8, 4) is 0 Å².